The second-order valence-electron chi connectivity index (χ2n) is 9.90. The highest BCUT2D eigenvalue weighted by Crippen LogP contribution is 2.55. The number of para-hydroxylation sites is 1. The third-order valence-electron chi connectivity index (χ3n) is 7.22. The number of aryl methyl sites for hydroxylation is 1. The van der Waals surface area contributed by atoms with Gasteiger partial charge in [-0.25, -0.2) is 4.98 Å². The molecule has 2 amide bonds. The molecule has 1 aromatic heterocycles. The summed E-state index contributed by atoms with van der Waals surface area (Å²) in [5.74, 6) is -0.898. The third-order valence-corrected chi connectivity index (χ3v) is 7.69. The molecule has 7 nitrogen and oxygen atoms in total. The minimum Gasteiger partial charge on any atom is -0.434 e. The number of nitrogens with zero attached hydrogens (tertiary/aromatic N) is 3. The van der Waals surface area contributed by atoms with Gasteiger partial charge in [0.15, 0.2) is 11.2 Å². The van der Waals surface area contributed by atoms with Crippen LogP contribution in [-0.4, -0.2) is 28.0 Å². The Morgan fingerprint density at radius 2 is 1.70 bits per heavy atom. The van der Waals surface area contributed by atoms with Gasteiger partial charge < -0.3 is 14.6 Å². The van der Waals surface area contributed by atoms with Crippen LogP contribution < -0.4 is 15.0 Å². The molecule has 0 radical (unpaired) electrons. The first-order chi connectivity index (χ1) is 19.0. The van der Waals surface area contributed by atoms with E-state index in [0.29, 0.717) is 38.2 Å². The zero-order chi connectivity index (χ0) is 28.5. The van der Waals surface area contributed by atoms with Crippen LogP contribution in [0.4, 0.5) is 20.2 Å². The third kappa shape index (κ3) is 3.64. The van der Waals surface area contributed by atoms with Gasteiger partial charge in [0.05, 0.1) is 16.9 Å². The number of carbonyl (C=O) groups is 2. The lowest BCUT2D eigenvalue weighted by molar-refractivity contribution is -0.119. The fourth-order valence-corrected chi connectivity index (χ4v) is 6.01. The van der Waals surface area contributed by atoms with Crippen molar-refractivity contribution in [3.05, 3.63) is 93.2 Å². The lowest BCUT2D eigenvalue weighted by atomic mass is 9.86. The number of ether oxygens (including phenoxy) is 1. The van der Waals surface area contributed by atoms with Crippen LogP contribution in [0.2, 0.25) is 10.0 Å². The zero-order valence-electron chi connectivity index (χ0n) is 21.5. The molecule has 0 bridgehead atoms. The Hall–Kier alpha value is -3.95. The topological polar surface area (TPSA) is 76.5 Å². The van der Waals surface area contributed by atoms with E-state index in [1.54, 1.807) is 59.2 Å². The molecule has 1 N–H and O–H groups in total. The molecule has 2 aliphatic rings. The number of rotatable bonds is 5. The van der Waals surface area contributed by atoms with Crippen LogP contribution in [0.1, 0.15) is 47.2 Å². The van der Waals surface area contributed by atoms with Crippen molar-refractivity contribution in [2.45, 2.75) is 39.0 Å². The van der Waals surface area contributed by atoms with E-state index in [-0.39, 0.29) is 28.9 Å². The van der Waals surface area contributed by atoms with Gasteiger partial charge in [0.2, 0.25) is 0 Å². The van der Waals surface area contributed by atoms with Crippen LogP contribution in [0.15, 0.2) is 60.7 Å². The summed E-state index contributed by atoms with van der Waals surface area (Å²) in [7, 11) is 0. The van der Waals surface area contributed by atoms with Gasteiger partial charge in [-0.05, 0) is 62.7 Å². The van der Waals surface area contributed by atoms with Crippen LogP contribution in [0.25, 0.3) is 11.4 Å². The van der Waals surface area contributed by atoms with Crippen LogP contribution in [0.5, 0.6) is 5.75 Å². The summed E-state index contributed by atoms with van der Waals surface area (Å²) >= 11 is 12.7. The lowest BCUT2D eigenvalue weighted by Gasteiger charge is -2.36. The molecule has 40 heavy (non-hydrogen) atoms. The number of hydrogen-bond acceptors (Lipinski definition) is 4. The Balaban J connectivity index is 1.72. The van der Waals surface area contributed by atoms with Crippen molar-refractivity contribution in [1.82, 2.24) is 9.55 Å². The molecule has 204 valence electrons. The number of amides is 2. The molecule has 0 unspecified atom stereocenters. The minimum atomic E-state index is -3.07. The number of anilines is 2. The number of benzene rings is 3. The average Bonchev–Trinajstić information content (AvgIpc) is 3.49. The molecular weight excluding hydrogens is 561 g/mol. The SMILES string of the molecule is Cc1ccc(Cl)cc1N1C(=O)c2nc(-c3ccccc3OC(F)F)n(C(C)C)c2[C@]12C(=O)Nc1cc(Cl)ccc12. The standard InChI is InChI=1S/C29H22Cl2F2N4O3/c1-14(2)36-24-23(35-25(36)18-6-4-5-7-22(18)40-28(32)33)26(38)37(21-13-17(31)9-8-15(21)3)29(24)19-11-10-16(30)12-20(19)34-27(29)39/h4-14,28H,1-3H3,(H,34,39)/t29-/m1/s1. The van der Waals surface area contributed by atoms with Crippen molar-refractivity contribution in [1.29, 1.82) is 0 Å². The van der Waals surface area contributed by atoms with Crippen LogP contribution in [0, 0.1) is 6.92 Å². The first-order valence-corrected chi connectivity index (χ1v) is 13.2. The zero-order valence-corrected chi connectivity index (χ0v) is 23.0. The Kier molecular flexibility index (Phi) is 6.12. The number of aromatic nitrogens is 2. The highest BCUT2D eigenvalue weighted by molar-refractivity contribution is 6.32. The first-order valence-electron chi connectivity index (χ1n) is 12.4. The smallest absolute Gasteiger partial charge is 0.387 e. The normalized spacial score (nSPS) is 17.7. The van der Waals surface area contributed by atoms with E-state index in [0.717, 1.165) is 0 Å². The molecule has 0 aliphatic carbocycles. The molecule has 2 aliphatic heterocycles. The van der Waals surface area contributed by atoms with E-state index in [4.69, 9.17) is 32.9 Å². The maximum Gasteiger partial charge on any atom is 0.387 e. The summed E-state index contributed by atoms with van der Waals surface area (Å²) < 4.78 is 33.2. The van der Waals surface area contributed by atoms with Crippen molar-refractivity contribution >= 4 is 46.4 Å². The van der Waals surface area contributed by atoms with E-state index >= 15 is 0 Å². The van der Waals surface area contributed by atoms with Gasteiger partial charge in [0, 0.05) is 27.3 Å². The second-order valence-corrected chi connectivity index (χ2v) is 10.8. The fraction of sp³-hybridized carbons (Fsp3) is 0.207. The molecule has 3 heterocycles. The number of imidazole rings is 1. The van der Waals surface area contributed by atoms with Crippen molar-refractivity contribution in [2.24, 2.45) is 0 Å². The number of alkyl halides is 2. The molecule has 0 saturated carbocycles. The Bertz CT molecular complexity index is 1720. The highest BCUT2D eigenvalue weighted by Gasteiger charge is 2.64. The summed E-state index contributed by atoms with van der Waals surface area (Å²) in [5, 5.41) is 3.69. The number of halogens is 4. The van der Waals surface area contributed by atoms with Crippen LogP contribution in [0.3, 0.4) is 0 Å². The van der Waals surface area contributed by atoms with E-state index in [9.17, 15) is 18.4 Å². The summed E-state index contributed by atoms with van der Waals surface area (Å²) in [6, 6.07) is 16.0. The maximum absolute atomic E-state index is 14.4. The molecule has 4 aromatic rings. The maximum atomic E-state index is 14.4. The molecular formula is C29H22Cl2F2N4O3. The van der Waals surface area contributed by atoms with Crippen molar-refractivity contribution in [2.75, 3.05) is 10.2 Å². The quantitative estimate of drug-likeness (QED) is 0.270. The molecule has 1 spiro atoms. The van der Waals surface area contributed by atoms with E-state index in [1.807, 2.05) is 20.8 Å². The lowest BCUT2D eigenvalue weighted by Crippen LogP contribution is -2.51. The first kappa shape index (κ1) is 26.3. The fourth-order valence-electron chi connectivity index (χ4n) is 5.68. The van der Waals surface area contributed by atoms with Gasteiger partial charge >= 0.3 is 6.61 Å². The van der Waals surface area contributed by atoms with E-state index in [1.165, 1.54) is 11.0 Å². The summed E-state index contributed by atoms with van der Waals surface area (Å²) in [6.45, 7) is 2.48. The number of fused-ring (bicyclic) bond motifs is 4. The molecule has 0 saturated heterocycles. The predicted molar refractivity (Wildman–Crippen MR) is 149 cm³/mol. The minimum absolute atomic E-state index is 0.0212. The Morgan fingerprint density at radius 1 is 1.00 bits per heavy atom. The van der Waals surface area contributed by atoms with Gasteiger partial charge in [0.25, 0.3) is 11.8 Å². The number of nitrogens with one attached hydrogen (secondary N) is 1. The van der Waals surface area contributed by atoms with Gasteiger partial charge in [-0.3, -0.25) is 14.5 Å². The highest BCUT2D eigenvalue weighted by atomic mass is 35.5. The summed E-state index contributed by atoms with van der Waals surface area (Å²) in [5.41, 5.74) is 1.00. The van der Waals surface area contributed by atoms with Gasteiger partial charge in [-0.2, -0.15) is 8.78 Å². The largest absolute Gasteiger partial charge is 0.434 e. The van der Waals surface area contributed by atoms with Crippen molar-refractivity contribution in [3.8, 4) is 17.1 Å². The summed E-state index contributed by atoms with van der Waals surface area (Å²) in [4.78, 5) is 34.8. The van der Waals surface area contributed by atoms with Crippen molar-refractivity contribution in [3.63, 3.8) is 0 Å². The molecule has 11 heteroatoms. The number of carbonyl (C=O) groups excluding carboxylic acids is 2. The monoisotopic (exact) mass is 582 g/mol. The molecule has 1 atom stereocenters. The molecule has 6 rings (SSSR count). The Morgan fingerprint density at radius 3 is 2.42 bits per heavy atom. The predicted octanol–water partition coefficient (Wildman–Crippen LogP) is 7.20. The van der Waals surface area contributed by atoms with Gasteiger partial charge in [-0.15, -0.1) is 0 Å². The van der Waals surface area contributed by atoms with Crippen LogP contribution in [-0.2, 0) is 10.3 Å². The van der Waals surface area contributed by atoms with Crippen molar-refractivity contribution < 1.29 is 23.1 Å². The van der Waals surface area contributed by atoms with Gasteiger partial charge in [0.1, 0.15) is 11.6 Å². The average molecular weight is 583 g/mol. The second kappa shape index (κ2) is 9.31. The van der Waals surface area contributed by atoms with Crippen LogP contribution >= 0.6 is 23.2 Å². The molecule has 3 aromatic carbocycles. The van der Waals surface area contributed by atoms with E-state index < -0.39 is 24.0 Å². The van der Waals surface area contributed by atoms with E-state index in [2.05, 4.69) is 5.32 Å². The van der Waals surface area contributed by atoms with Gasteiger partial charge in [-0.1, -0.05) is 47.5 Å². The Labute approximate surface area is 238 Å². The number of hydrogen-bond donors (Lipinski definition) is 1. The summed E-state index contributed by atoms with van der Waals surface area (Å²) in [6.07, 6.45) is 0. The molecule has 0 fully saturated rings.